The van der Waals surface area contributed by atoms with Crippen LogP contribution in [0.15, 0.2) is 58.3 Å². The van der Waals surface area contributed by atoms with E-state index in [2.05, 4.69) is 13.5 Å². The van der Waals surface area contributed by atoms with Gasteiger partial charge in [0, 0.05) is 17.5 Å². The van der Waals surface area contributed by atoms with Crippen molar-refractivity contribution in [2.75, 3.05) is 0 Å². The molecule has 3 nitrogen and oxygen atoms in total. The molecule has 0 aliphatic rings. The number of halogens is 1. The Balaban J connectivity index is 1.89. The number of benzene rings is 2. The van der Waals surface area contributed by atoms with Crippen LogP contribution in [0.3, 0.4) is 0 Å². The first kappa shape index (κ1) is 17.3. The monoisotopic (exact) mass is 354 g/mol. The first-order valence-corrected chi connectivity index (χ1v) is 8.59. The fourth-order valence-electron chi connectivity index (χ4n) is 2.73. The van der Waals surface area contributed by atoms with Gasteiger partial charge in [0.05, 0.1) is 5.02 Å². The van der Waals surface area contributed by atoms with Gasteiger partial charge in [-0.15, -0.1) is 0 Å². The largest absolute Gasteiger partial charge is 0.487 e. The van der Waals surface area contributed by atoms with Crippen molar-refractivity contribution in [3.05, 3.63) is 81.2 Å². The molecular weight excluding hydrogens is 336 g/mol. The van der Waals surface area contributed by atoms with Crippen LogP contribution in [0.25, 0.3) is 17.0 Å². The number of aryl methyl sites for hydroxylation is 1. The van der Waals surface area contributed by atoms with Crippen LogP contribution in [0.2, 0.25) is 5.02 Å². The van der Waals surface area contributed by atoms with Gasteiger partial charge >= 0.3 is 5.63 Å². The van der Waals surface area contributed by atoms with Crippen molar-refractivity contribution in [1.82, 2.24) is 0 Å². The first-order chi connectivity index (χ1) is 12.1. The van der Waals surface area contributed by atoms with Gasteiger partial charge < -0.3 is 9.15 Å². The van der Waals surface area contributed by atoms with E-state index in [1.807, 2.05) is 24.3 Å². The second-order valence-electron chi connectivity index (χ2n) is 5.85. The normalized spacial score (nSPS) is 10.8. The van der Waals surface area contributed by atoms with E-state index in [9.17, 15) is 4.79 Å². The maximum atomic E-state index is 11.8. The van der Waals surface area contributed by atoms with Crippen molar-refractivity contribution in [1.29, 1.82) is 0 Å². The van der Waals surface area contributed by atoms with E-state index < -0.39 is 0 Å². The molecule has 25 heavy (non-hydrogen) atoms. The summed E-state index contributed by atoms with van der Waals surface area (Å²) in [7, 11) is 0. The molecule has 0 saturated heterocycles. The molecule has 0 aliphatic heterocycles. The standard InChI is InChI=1S/C21H19ClO3/c1-3-5-16-10-21(23)25-19-12-20(18(22)11-17(16)19)24-13-15-8-6-14(4-2)7-9-15/h4,6-12H,2-3,5,13H2,1H3. The SMILES string of the molecule is C=Cc1ccc(COc2cc3oc(=O)cc(CCC)c3cc2Cl)cc1. The lowest BCUT2D eigenvalue weighted by molar-refractivity contribution is 0.306. The highest BCUT2D eigenvalue weighted by atomic mass is 35.5. The lowest BCUT2D eigenvalue weighted by Crippen LogP contribution is -2.02. The molecule has 0 N–H and O–H groups in total. The summed E-state index contributed by atoms with van der Waals surface area (Å²) in [5.41, 5.74) is 3.16. The molecule has 0 fully saturated rings. The van der Waals surface area contributed by atoms with Crippen molar-refractivity contribution in [3.63, 3.8) is 0 Å². The summed E-state index contributed by atoms with van der Waals surface area (Å²) in [5.74, 6) is 0.499. The van der Waals surface area contributed by atoms with Crippen molar-refractivity contribution in [2.24, 2.45) is 0 Å². The van der Waals surface area contributed by atoms with E-state index >= 15 is 0 Å². The maximum absolute atomic E-state index is 11.8. The number of fused-ring (bicyclic) bond motifs is 1. The minimum Gasteiger partial charge on any atom is -0.487 e. The number of ether oxygens (including phenoxy) is 1. The average molecular weight is 355 g/mol. The molecule has 0 spiro atoms. The third kappa shape index (κ3) is 3.94. The number of hydrogen-bond donors (Lipinski definition) is 0. The van der Waals surface area contributed by atoms with Crippen LogP contribution >= 0.6 is 11.6 Å². The summed E-state index contributed by atoms with van der Waals surface area (Å²) in [4.78, 5) is 11.8. The molecule has 0 saturated carbocycles. The van der Waals surface area contributed by atoms with Gasteiger partial charge in [-0.25, -0.2) is 4.79 Å². The van der Waals surface area contributed by atoms with Gasteiger partial charge in [-0.05, 0) is 29.2 Å². The van der Waals surface area contributed by atoms with E-state index in [1.165, 1.54) is 6.07 Å². The third-order valence-electron chi connectivity index (χ3n) is 4.01. The molecule has 4 heteroatoms. The zero-order chi connectivity index (χ0) is 17.8. The lowest BCUT2D eigenvalue weighted by Gasteiger charge is -2.11. The summed E-state index contributed by atoms with van der Waals surface area (Å²) in [5, 5.41) is 1.36. The molecule has 1 heterocycles. The van der Waals surface area contributed by atoms with Gasteiger partial charge in [0.25, 0.3) is 0 Å². The van der Waals surface area contributed by atoms with Gasteiger partial charge in [-0.2, -0.15) is 0 Å². The fourth-order valence-corrected chi connectivity index (χ4v) is 2.94. The minimum absolute atomic E-state index is 0.357. The first-order valence-electron chi connectivity index (χ1n) is 8.21. The Morgan fingerprint density at radius 1 is 1.20 bits per heavy atom. The second-order valence-corrected chi connectivity index (χ2v) is 6.26. The highest BCUT2D eigenvalue weighted by Gasteiger charge is 2.11. The van der Waals surface area contributed by atoms with Crippen LogP contribution in [0, 0.1) is 0 Å². The highest BCUT2D eigenvalue weighted by Crippen LogP contribution is 2.32. The second kappa shape index (κ2) is 7.58. The lowest BCUT2D eigenvalue weighted by atomic mass is 10.1. The molecular formula is C21H19ClO3. The van der Waals surface area contributed by atoms with Crippen molar-refractivity contribution >= 4 is 28.6 Å². The van der Waals surface area contributed by atoms with E-state index in [1.54, 1.807) is 18.2 Å². The van der Waals surface area contributed by atoms with Crippen LogP contribution in [0.4, 0.5) is 0 Å². The van der Waals surface area contributed by atoms with Gasteiger partial charge in [0.2, 0.25) is 0 Å². The van der Waals surface area contributed by atoms with Crippen LogP contribution in [-0.4, -0.2) is 0 Å². The molecule has 3 rings (SSSR count). The van der Waals surface area contributed by atoms with Gasteiger partial charge in [-0.1, -0.05) is 61.9 Å². The molecule has 2 aromatic carbocycles. The van der Waals surface area contributed by atoms with Crippen molar-refractivity contribution in [3.8, 4) is 5.75 Å². The molecule has 0 aliphatic carbocycles. The Bertz CT molecular complexity index is 955. The Kier molecular flexibility index (Phi) is 5.25. The molecule has 1 aromatic heterocycles. The van der Waals surface area contributed by atoms with Crippen LogP contribution in [-0.2, 0) is 13.0 Å². The Hall–Kier alpha value is -2.52. The zero-order valence-corrected chi connectivity index (χ0v) is 14.8. The molecule has 3 aromatic rings. The molecule has 0 bridgehead atoms. The summed E-state index contributed by atoms with van der Waals surface area (Å²) in [6.07, 6.45) is 3.53. The predicted octanol–water partition coefficient (Wildman–Crippen LogP) is 5.62. The maximum Gasteiger partial charge on any atom is 0.336 e. The van der Waals surface area contributed by atoms with Crippen LogP contribution in [0.1, 0.15) is 30.0 Å². The Labute approximate surface area is 151 Å². The Morgan fingerprint density at radius 2 is 1.96 bits per heavy atom. The number of hydrogen-bond acceptors (Lipinski definition) is 3. The van der Waals surface area contributed by atoms with Crippen molar-refractivity contribution in [2.45, 2.75) is 26.4 Å². The molecule has 0 unspecified atom stereocenters. The molecule has 0 atom stereocenters. The van der Waals surface area contributed by atoms with Crippen LogP contribution < -0.4 is 10.4 Å². The fraction of sp³-hybridized carbons (Fsp3) is 0.190. The molecule has 0 radical (unpaired) electrons. The van der Waals surface area contributed by atoms with E-state index in [0.29, 0.717) is 23.0 Å². The summed E-state index contributed by atoms with van der Waals surface area (Å²) >= 11 is 6.37. The highest BCUT2D eigenvalue weighted by molar-refractivity contribution is 6.32. The molecule has 0 amide bonds. The predicted molar refractivity (Wildman–Crippen MR) is 102 cm³/mol. The topological polar surface area (TPSA) is 39.4 Å². The average Bonchev–Trinajstić information content (AvgIpc) is 2.61. The van der Waals surface area contributed by atoms with Crippen molar-refractivity contribution < 1.29 is 9.15 Å². The minimum atomic E-state index is -0.357. The van der Waals surface area contributed by atoms with E-state index in [0.717, 1.165) is 34.9 Å². The molecule has 128 valence electrons. The van der Waals surface area contributed by atoms with Gasteiger partial charge in [0.15, 0.2) is 0 Å². The summed E-state index contributed by atoms with van der Waals surface area (Å²) < 4.78 is 11.1. The van der Waals surface area contributed by atoms with Gasteiger partial charge in [-0.3, -0.25) is 0 Å². The summed E-state index contributed by atoms with van der Waals surface area (Å²) in [6.45, 7) is 6.18. The quantitative estimate of drug-likeness (QED) is 0.539. The smallest absolute Gasteiger partial charge is 0.336 e. The van der Waals surface area contributed by atoms with Gasteiger partial charge in [0.1, 0.15) is 17.9 Å². The Morgan fingerprint density at radius 3 is 2.64 bits per heavy atom. The zero-order valence-electron chi connectivity index (χ0n) is 14.0. The third-order valence-corrected chi connectivity index (χ3v) is 4.31. The number of rotatable bonds is 6. The van der Waals surface area contributed by atoms with Crippen LogP contribution in [0.5, 0.6) is 5.75 Å². The summed E-state index contributed by atoms with van der Waals surface area (Å²) in [6, 6.07) is 12.9. The van der Waals surface area contributed by atoms with E-state index in [4.69, 9.17) is 20.8 Å². The van der Waals surface area contributed by atoms with E-state index in [-0.39, 0.29) is 5.63 Å².